The Labute approximate surface area is 176 Å². The molecular weight excluding hydrogens is 378 g/mol. The lowest BCUT2D eigenvalue weighted by Gasteiger charge is -2.19. The lowest BCUT2D eigenvalue weighted by Crippen LogP contribution is -2.32. The van der Waals surface area contributed by atoms with Crippen molar-refractivity contribution < 1.29 is 14.3 Å². The van der Waals surface area contributed by atoms with Gasteiger partial charge >= 0.3 is 6.09 Å². The van der Waals surface area contributed by atoms with Crippen molar-refractivity contribution in [2.45, 2.75) is 39.5 Å². The first-order valence-corrected chi connectivity index (χ1v) is 9.82. The van der Waals surface area contributed by atoms with Gasteiger partial charge < -0.3 is 21.1 Å². The van der Waals surface area contributed by atoms with Crippen LogP contribution in [-0.2, 0) is 17.8 Å². The van der Waals surface area contributed by atoms with Crippen molar-refractivity contribution in [3.8, 4) is 0 Å². The summed E-state index contributed by atoms with van der Waals surface area (Å²) >= 11 is 0. The highest BCUT2D eigenvalue weighted by Gasteiger charge is 2.15. The Morgan fingerprint density at radius 3 is 2.17 bits per heavy atom. The molecule has 4 N–H and O–H groups in total. The first-order valence-electron chi connectivity index (χ1n) is 9.82. The number of anilines is 1. The van der Waals surface area contributed by atoms with Gasteiger partial charge in [-0.2, -0.15) is 0 Å². The van der Waals surface area contributed by atoms with Gasteiger partial charge in [0, 0.05) is 24.3 Å². The normalized spacial score (nSPS) is 11.2. The first-order chi connectivity index (χ1) is 14.2. The number of rotatable bonds is 5. The smallest absolute Gasteiger partial charge is 0.407 e. The topological polar surface area (TPSA) is 93.5 Å². The maximum Gasteiger partial charge on any atom is 0.407 e. The summed E-state index contributed by atoms with van der Waals surface area (Å²) in [5.74, 6) is -0.138. The monoisotopic (exact) mass is 405 g/mol. The van der Waals surface area contributed by atoms with E-state index in [9.17, 15) is 9.59 Å². The van der Waals surface area contributed by atoms with E-state index in [1.807, 2.05) is 69.3 Å². The Kier molecular flexibility index (Phi) is 6.26. The van der Waals surface area contributed by atoms with Crippen LogP contribution in [0.3, 0.4) is 0 Å². The highest BCUT2D eigenvalue weighted by Crippen LogP contribution is 2.21. The number of fused-ring (bicyclic) bond motifs is 1. The Bertz CT molecular complexity index is 1050. The van der Waals surface area contributed by atoms with Crippen molar-refractivity contribution in [2.75, 3.05) is 5.73 Å². The number of carbonyl (C=O) groups is 2. The second-order valence-electron chi connectivity index (χ2n) is 8.14. The second kappa shape index (κ2) is 8.86. The second-order valence-corrected chi connectivity index (χ2v) is 8.14. The van der Waals surface area contributed by atoms with Crippen molar-refractivity contribution in [2.24, 2.45) is 0 Å². The highest BCUT2D eigenvalue weighted by atomic mass is 16.6. The number of nitrogens with two attached hydrogens (primary N) is 1. The van der Waals surface area contributed by atoms with Gasteiger partial charge in [0.2, 0.25) is 0 Å². The number of nitrogen functional groups attached to an aromatic ring is 1. The summed E-state index contributed by atoms with van der Waals surface area (Å²) in [4.78, 5) is 24.4. The third-order valence-corrected chi connectivity index (χ3v) is 4.46. The number of nitrogens with one attached hydrogen (secondary N) is 2. The molecule has 0 heterocycles. The third kappa shape index (κ3) is 5.73. The lowest BCUT2D eigenvalue weighted by molar-refractivity contribution is 0.0523. The van der Waals surface area contributed by atoms with Crippen molar-refractivity contribution in [1.82, 2.24) is 10.6 Å². The molecule has 3 rings (SSSR count). The van der Waals surface area contributed by atoms with E-state index >= 15 is 0 Å². The Morgan fingerprint density at radius 1 is 0.900 bits per heavy atom. The van der Waals surface area contributed by atoms with E-state index in [0.717, 1.165) is 21.9 Å². The summed E-state index contributed by atoms with van der Waals surface area (Å²) in [6, 6.07) is 18.8. The summed E-state index contributed by atoms with van der Waals surface area (Å²) in [5, 5.41) is 7.49. The zero-order valence-corrected chi connectivity index (χ0v) is 17.5. The van der Waals surface area contributed by atoms with Crippen LogP contribution in [0.25, 0.3) is 10.8 Å². The summed E-state index contributed by atoms with van der Waals surface area (Å²) in [7, 11) is 0. The van der Waals surface area contributed by atoms with Gasteiger partial charge in [-0.05, 0) is 60.9 Å². The van der Waals surface area contributed by atoms with E-state index in [0.29, 0.717) is 24.3 Å². The molecule has 0 bridgehead atoms. The number of hydrogen-bond donors (Lipinski definition) is 3. The van der Waals surface area contributed by atoms with Gasteiger partial charge in [0.15, 0.2) is 0 Å². The largest absolute Gasteiger partial charge is 0.444 e. The molecule has 0 spiro atoms. The Balaban J connectivity index is 1.56. The summed E-state index contributed by atoms with van der Waals surface area (Å²) in [5.41, 5.74) is 8.50. The summed E-state index contributed by atoms with van der Waals surface area (Å²) in [6.45, 7) is 6.25. The molecule has 0 saturated carbocycles. The average molecular weight is 405 g/mol. The maximum atomic E-state index is 12.7. The van der Waals surface area contributed by atoms with Crippen LogP contribution in [0.5, 0.6) is 0 Å². The molecule has 156 valence electrons. The number of amides is 2. The van der Waals surface area contributed by atoms with E-state index in [1.54, 1.807) is 12.1 Å². The van der Waals surface area contributed by atoms with Gasteiger partial charge in [-0.3, -0.25) is 4.79 Å². The van der Waals surface area contributed by atoms with E-state index in [1.165, 1.54) is 0 Å². The third-order valence-electron chi connectivity index (χ3n) is 4.46. The molecule has 0 aliphatic rings. The average Bonchev–Trinajstić information content (AvgIpc) is 2.69. The van der Waals surface area contributed by atoms with Crippen molar-refractivity contribution in [3.05, 3.63) is 77.4 Å². The molecule has 30 heavy (non-hydrogen) atoms. The minimum absolute atomic E-state index is 0.138. The fourth-order valence-electron chi connectivity index (χ4n) is 3.04. The van der Waals surface area contributed by atoms with Gasteiger partial charge in [0.1, 0.15) is 5.60 Å². The van der Waals surface area contributed by atoms with Gasteiger partial charge in [-0.25, -0.2) is 4.79 Å². The van der Waals surface area contributed by atoms with Crippen LogP contribution < -0.4 is 16.4 Å². The molecule has 0 aromatic heterocycles. The Morgan fingerprint density at radius 2 is 1.53 bits per heavy atom. The van der Waals surface area contributed by atoms with Gasteiger partial charge in [-0.15, -0.1) is 0 Å². The van der Waals surface area contributed by atoms with Crippen LogP contribution in [0.2, 0.25) is 0 Å². The van der Waals surface area contributed by atoms with E-state index in [2.05, 4.69) is 10.6 Å². The van der Waals surface area contributed by atoms with E-state index < -0.39 is 11.7 Å². The predicted molar refractivity (Wildman–Crippen MR) is 119 cm³/mol. The molecular formula is C24H27N3O3. The van der Waals surface area contributed by atoms with Crippen LogP contribution in [-0.4, -0.2) is 17.6 Å². The SMILES string of the molecule is CC(C)(C)OC(=O)NCc1ccc(CNC(=O)c2cccc3cc(N)ccc23)cc1. The van der Waals surface area contributed by atoms with Gasteiger partial charge in [0.25, 0.3) is 5.91 Å². The minimum atomic E-state index is -0.525. The zero-order valence-electron chi connectivity index (χ0n) is 17.5. The molecule has 6 nitrogen and oxygen atoms in total. The lowest BCUT2D eigenvalue weighted by atomic mass is 10.0. The molecule has 0 unspecified atom stereocenters. The van der Waals surface area contributed by atoms with Gasteiger partial charge in [0.05, 0.1) is 0 Å². The van der Waals surface area contributed by atoms with E-state index in [-0.39, 0.29) is 5.91 Å². The molecule has 0 aliphatic heterocycles. The number of ether oxygens (including phenoxy) is 1. The van der Waals surface area contributed by atoms with Crippen LogP contribution >= 0.6 is 0 Å². The number of carbonyl (C=O) groups excluding carboxylic acids is 2. The molecule has 0 atom stereocenters. The standard InChI is InChI=1S/C24H27N3O3/c1-24(2,3)30-23(29)27-15-17-9-7-16(8-10-17)14-26-22(28)21-6-4-5-18-13-19(25)11-12-20(18)21/h4-13H,14-15,25H2,1-3H3,(H,26,28)(H,27,29). The summed E-state index contributed by atoms with van der Waals surface area (Å²) in [6.07, 6.45) is -0.448. The van der Waals surface area contributed by atoms with Gasteiger partial charge in [-0.1, -0.05) is 42.5 Å². The van der Waals surface area contributed by atoms with Crippen LogP contribution in [0, 0.1) is 0 Å². The molecule has 0 fully saturated rings. The minimum Gasteiger partial charge on any atom is -0.444 e. The highest BCUT2D eigenvalue weighted by molar-refractivity contribution is 6.07. The quantitative estimate of drug-likeness (QED) is 0.549. The molecule has 6 heteroatoms. The van der Waals surface area contributed by atoms with Crippen molar-refractivity contribution in [3.63, 3.8) is 0 Å². The molecule has 3 aromatic rings. The number of hydrogen-bond acceptors (Lipinski definition) is 4. The molecule has 2 amide bonds. The zero-order chi connectivity index (χ0) is 21.7. The molecule has 0 saturated heterocycles. The van der Waals surface area contributed by atoms with E-state index in [4.69, 9.17) is 10.5 Å². The molecule has 0 aliphatic carbocycles. The predicted octanol–water partition coefficient (Wildman–Crippen LogP) is 4.38. The number of benzene rings is 3. The maximum absolute atomic E-state index is 12.7. The van der Waals surface area contributed by atoms with Crippen LogP contribution in [0.15, 0.2) is 60.7 Å². The fourth-order valence-corrected chi connectivity index (χ4v) is 3.04. The van der Waals surface area contributed by atoms with Crippen molar-refractivity contribution >= 4 is 28.5 Å². The number of alkyl carbamates (subject to hydrolysis) is 1. The molecule has 0 radical (unpaired) electrons. The summed E-state index contributed by atoms with van der Waals surface area (Å²) < 4.78 is 5.22. The van der Waals surface area contributed by atoms with Crippen LogP contribution in [0.4, 0.5) is 10.5 Å². The van der Waals surface area contributed by atoms with Crippen LogP contribution in [0.1, 0.15) is 42.3 Å². The molecule has 3 aromatic carbocycles. The fraction of sp³-hybridized carbons (Fsp3) is 0.250. The Hall–Kier alpha value is -3.54. The van der Waals surface area contributed by atoms with Crippen molar-refractivity contribution in [1.29, 1.82) is 0 Å². The first kappa shape index (κ1) is 21.2.